The summed E-state index contributed by atoms with van der Waals surface area (Å²) in [6.07, 6.45) is 10.1. The third-order valence-corrected chi connectivity index (χ3v) is 3.16. The van der Waals surface area contributed by atoms with Gasteiger partial charge in [-0.2, -0.15) is 0 Å². The van der Waals surface area contributed by atoms with E-state index in [9.17, 15) is 0 Å². The normalized spacial score (nSPS) is 16.8. The Bertz CT molecular complexity index is 489. The lowest BCUT2D eigenvalue weighted by molar-refractivity contribution is 0.210. The van der Waals surface area contributed by atoms with Crippen molar-refractivity contribution in [2.75, 3.05) is 0 Å². The molecule has 0 unspecified atom stereocenters. The maximum Gasteiger partial charge on any atom is 0.120 e. The molecular formula is C14H14NO. The minimum absolute atomic E-state index is 0.420. The fraction of sp³-hybridized carbons (Fsp3) is 0.357. The molecule has 1 saturated carbocycles. The topological polar surface area (TPSA) is 22.1 Å². The van der Waals surface area contributed by atoms with Gasteiger partial charge < -0.3 is 4.74 Å². The Kier molecular flexibility index (Phi) is 2.49. The van der Waals surface area contributed by atoms with Gasteiger partial charge in [0.15, 0.2) is 0 Å². The molecule has 0 amide bonds. The molecule has 2 heteroatoms. The molecule has 2 nitrogen and oxygen atoms in total. The molecule has 0 atom stereocenters. The lowest BCUT2D eigenvalue weighted by Gasteiger charge is -2.13. The number of nitrogens with zero attached hydrogens (tertiary/aromatic N) is 1. The van der Waals surface area contributed by atoms with Crippen molar-refractivity contribution in [1.82, 2.24) is 4.98 Å². The summed E-state index contributed by atoms with van der Waals surface area (Å²) in [6.45, 7) is 0. The Balaban J connectivity index is 1.86. The van der Waals surface area contributed by atoms with E-state index in [2.05, 4.69) is 23.3 Å². The van der Waals surface area contributed by atoms with Gasteiger partial charge >= 0.3 is 0 Å². The van der Waals surface area contributed by atoms with Gasteiger partial charge in [-0.25, -0.2) is 0 Å². The van der Waals surface area contributed by atoms with E-state index >= 15 is 0 Å². The largest absolute Gasteiger partial charge is 0.490 e. The first-order valence-electron chi connectivity index (χ1n) is 5.84. The number of hydrogen-bond donors (Lipinski definition) is 0. The summed E-state index contributed by atoms with van der Waals surface area (Å²) in [5, 5.41) is 2.28. The molecule has 3 rings (SSSR count). The highest BCUT2D eigenvalue weighted by Gasteiger charge is 2.16. The number of hydrogen-bond acceptors (Lipinski definition) is 2. The summed E-state index contributed by atoms with van der Waals surface area (Å²) >= 11 is 0. The zero-order valence-corrected chi connectivity index (χ0v) is 9.15. The molecule has 1 heterocycles. The smallest absolute Gasteiger partial charge is 0.120 e. The zero-order chi connectivity index (χ0) is 10.8. The van der Waals surface area contributed by atoms with E-state index in [1.54, 1.807) is 0 Å². The van der Waals surface area contributed by atoms with Crippen molar-refractivity contribution in [3.8, 4) is 5.75 Å². The number of aromatic nitrogens is 1. The highest BCUT2D eigenvalue weighted by molar-refractivity contribution is 5.82. The van der Waals surface area contributed by atoms with Gasteiger partial charge in [0.05, 0.1) is 12.3 Å². The zero-order valence-electron chi connectivity index (χ0n) is 9.15. The van der Waals surface area contributed by atoms with Gasteiger partial charge in [0.2, 0.25) is 0 Å². The molecule has 0 bridgehead atoms. The molecule has 1 aromatic heterocycles. The predicted molar refractivity (Wildman–Crippen MR) is 63.5 cm³/mol. The molecule has 0 N–H and O–H groups in total. The molecule has 1 aliphatic rings. The predicted octanol–water partition coefficient (Wildman–Crippen LogP) is 3.36. The average molecular weight is 212 g/mol. The Morgan fingerprint density at radius 2 is 2.06 bits per heavy atom. The van der Waals surface area contributed by atoms with Crippen LogP contribution in [0.4, 0.5) is 0 Å². The quantitative estimate of drug-likeness (QED) is 0.761. The Morgan fingerprint density at radius 1 is 1.19 bits per heavy atom. The van der Waals surface area contributed by atoms with Gasteiger partial charge in [-0.1, -0.05) is 0 Å². The first-order valence-corrected chi connectivity index (χ1v) is 5.84. The summed E-state index contributed by atoms with van der Waals surface area (Å²) in [5.74, 6) is 0.971. The molecule has 0 aliphatic heterocycles. The molecule has 0 spiro atoms. The van der Waals surface area contributed by atoms with E-state index in [-0.39, 0.29) is 0 Å². The van der Waals surface area contributed by atoms with Crippen molar-refractivity contribution < 1.29 is 4.74 Å². The van der Waals surface area contributed by atoms with Crippen LogP contribution in [0.2, 0.25) is 0 Å². The number of rotatable bonds is 2. The van der Waals surface area contributed by atoms with E-state index in [0.29, 0.717) is 6.10 Å². The van der Waals surface area contributed by atoms with Gasteiger partial charge in [-0.3, -0.25) is 4.98 Å². The summed E-state index contributed by atoms with van der Waals surface area (Å²) < 4.78 is 5.95. The standard InChI is InChI=1S/C14H14NO/c1-2-4-13(3-1)16-14-6-5-12-10-15-8-7-11(12)9-14/h5-7,9-10,13H,1-4H2. The maximum atomic E-state index is 5.95. The SMILES string of the molecule is [c]1cc2cc(OC3CCCC3)ccc2cn1. The molecule has 1 aromatic carbocycles. The summed E-state index contributed by atoms with van der Waals surface area (Å²) in [7, 11) is 0. The molecular weight excluding hydrogens is 198 g/mol. The maximum absolute atomic E-state index is 5.95. The van der Waals surface area contributed by atoms with Crippen LogP contribution in [0.3, 0.4) is 0 Å². The highest BCUT2D eigenvalue weighted by atomic mass is 16.5. The average Bonchev–Trinajstić information content (AvgIpc) is 2.82. The molecule has 16 heavy (non-hydrogen) atoms. The fourth-order valence-electron chi connectivity index (χ4n) is 2.28. The summed E-state index contributed by atoms with van der Waals surface area (Å²) in [5.41, 5.74) is 0. The van der Waals surface area contributed by atoms with Crippen LogP contribution >= 0.6 is 0 Å². The molecule has 2 aromatic rings. The van der Waals surface area contributed by atoms with Crippen LogP contribution in [0.15, 0.2) is 30.5 Å². The minimum atomic E-state index is 0.420. The van der Waals surface area contributed by atoms with E-state index in [1.165, 1.54) is 25.7 Å². The first kappa shape index (κ1) is 9.64. The van der Waals surface area contributed by atoms with Gasteiger partial charge in [0.25, 0.3) is 0 Å². The number of fused-ring (bicyclic) bond motifs is 1. The van der Waals surface area contributed by atoms with Crippen LogP contribution in [-0.2, 0) is 0 Å². The van der Waals surface area contributed by atoms with E-state index in [0.717, 1.165) is 16.5 Å². The second-order valence-electron chi connectivity index (χ2n) is 4.35. The van der Waals surface area contributed by atoms with Crippen LogP contribution in [0.5, 0.6) is 5.75 Å². The minimum Gasteiger partial charge on any atom is -0.490 e. The molecule has 1 aliphatic carbocycles. The van der Waals surface area contributed by atoms with Gasteiger partial charge in [0, 0.05) is 11.6 Å². The van der Waals surface area contributed by atoms with Crippen molar-refractivity contribution in [1.29, 1.82) is 0 Å². The fourth-order valence-corrected chi connectivity index (χ4v) is 2.28. The number of benzene rings is 1. The third kappa shape index (κ3) is 1.87. The Labute approximate surface area is 95.3 Å². The van der Waals surface area contributed by atoms with Crippen molar-refractivity contribution in [3.63, 3.8) is 0 Å². The monoisotopic (exact) mass is 212 g/mol. The first-order chi connectivity index (χ1) is 7.92. The summed E-state index contributed by atoms with van der Waals surface area (Å²) in [4.78, 5) is 3.98. The second-order valence-corrected chi connectivity index (χ2v) is 4.35. The lowest BCUT2D eigenvalue weighted by atomic mass is 10.2. The summed E-state index contributed by atoms with van der Waals surface area (Å²) in [6, 6.07) is 8.06. The van der Waals surface area contributed by atoms with Crippen LogP contribution in [0.1, 0.15) is 25.7 Å². The molecule has 81 valence electrons. The van der Waals surface area contributed by atoms with E-state index in [4.69, 9.17) is 4.74 Å². The highest BCUT2D eigenvalue weighted by Crippen LogP contribution is 2.26. The second kappa shape index (κ2) is 4.12. The molecule has 0 saturated heterocycles. The van der Waals surface area contributed by atoms with Crippen LogP contribution in [0, 0.1) is 6.20 Å². The van der Waals surface area contributed by atoms with Gasteiger partial charge in [0.1, 0.15) is 5.75 Å². The van der Waals surface area contributed by atoms with Crippen molar-refractivity contribution in [2.24, 2.45) is 0 Å². The van der Waals surface area contributed by atoms with Crippen LogP contribution in [0.25, 0.3) is 10.8 Å². The Morgan fingerprint density at radius 3 is 2.94 bits per heavy atom. The molecule has 1 radical (unpaired) electrons. The number of ether oxygens (including phenoxy) is 1. The Hall–Kier alpha value is -1.57. The third-order valence-electron chi connectivity index (χ3n) is 3.16. The number of pyridine rings is 1. The molecule has 1 fully saturated rings. The van der Waals surface area contributed by atoms with Gasteiger partial charge in [-0.15, -0.1) is 0 Å². The van der Waals surface area contributed by atoms with Gasteiger partial charge in [-0.05, 0) is 55.3 Å². The lowest BCUT2D eigenvalue weighted by Crippen LogP contribution is -2.10. The van der Waals surface area contributed by atoms with Crippen molar-refractivity contribution >= 4 is 10.8 Å². The van der Waals surface area contributed by atoms with E-state index < -0.39 is 0 Å². The van der Waals surface area contributed by atoms with Crippen LogP contribution < -0.4 is 4.74 Å². The van der Waals surface area contributed by atoms with Crippen molar-refractivity contribution in [3.05, 3.63) is 36.7 Å². The van der Waals surface area contributed by atoms with E-state index in [1.807, 2.05) is 18.3 Å². The van der Waals surface area contributed by atoms with Crippen molar-refractivity contribution in [2.45, 2.75) is 31.8 Å². The van der Waals surface area contributed by atoms with Crippen LogP contribution in [-0.4, -0.2) is 11.1 Å².